The topological polar surface area (TPSA) is 30.5 Å². The van der Waals surface area contributed by atoms with E-state index in [1.54, 1.807) is 13.2 Å². The zero-order valence-corrected chi connectivity index (χ0v) is 18.4. The molecule has 0 radical (unpaired) electrons. The van der Waals surface area contributed by atoms with E-state index in [0.29, 0.717) is 34.7 Å². The molecule has 0 aliphatic rings. The van der Waals surface area contributed by atoms with E-state index in [9.17, 15) is 0 Å². The first kappa shape index (κ1) is 21.0. The zero-order chi connectivity index (χ0) is 19.9. The van der Waals surface area contributed by atoms with E-state index in [1.807, 2.05) is 42.5 Å². The Morgan fingerprint density at radius 3 is 2.39 bits per heavy atom. The molecule has 0 amide bonds. The summed E-state index contributed by atoms with van der Waals surface area (Å²) in [6.45, 7) is 1.75. The summed E-state index contributed by atoms with van der Waals surface area (Å²) in [6.07, 6.45) is 0. The molecule has 3 nitrogen and oxygen atoms in total. The monoisotopic (exact) mass is 479 g/mol. The van der Waals surface area contributed by atoms with Crippen molar-refractivity contribution in [1.82, 2.24) is 5.32 Å². The lowest BCUT2D eigenvalue weighted by Gasteiger charge is -2.17. The molecular weight excluding hydrogens is 461 g/mol. The molecule has 0 aliphatic carbocycles. The fraction of sp³-hybridized carbons (Fsp3) is 0.182. The largest absolute Gasteiger partial charge is 0.493 e. The van der Waals surface area contributed by atoms with Crippen molar-refractivity contribution >= 4 is 39.1 Å². The third-order valence-corrected chi connectivity index (χ3v) is 5.71. The first-order valence-corrected chi connectivity index (χ1v) is 10.3. The minimum Gasteiger partial charge on any atom is -0.493 e. The molecule has 0 fully saturated rings. The van der Waals surface area contributed by atoms with Crippen LogP contribution in [0.1, 0.15) is 16.7 Å². The van der Waals surface area contributed by atoms with Gasteiger partial charge in [-0.25, -0.2) is 0 Å². The van der Waals surface area contributed by atoms with Crippen molar-refractivity contribution < 1.29 is 9.47 Å². The molecular formula is C22H20BrCl2NO2. The lowest BCUT2D eigenvalue weighted by Crippen LogP contribution is -2.14. The van der Waals surface area contributed by atoms with Crippen molar-refractivity contribution in [2.24, 2.45) is 0 Å². The SMILES string of the molecule is COc1ccc(Br)c(CNCc2ccccc2)c1OCc1ccc(Cl)c(Cl)c1. The zero-order valence-electron chi connectivity index (χ0n) is 15.3. The summed E-state index contributed by atoms with van der Waals surface area (Å²) in [6, 6.07) is 19.6. The average Bonchev–Trinajstić information content (AvgIpc) is 2.71. The first-order valence-electron chi connectivity index (χ1n) is 8.75. The molecule has 0 heterocycles. The van der Waals surface area contributed by atoms with Crippen LogP contribution in [0.15, 0.2) is 65.1 Å². The van der Waals surface area contributed by atoms with E-state index in [4.69, 9.17) is 32.7 Å². The maximum atomic E-state index is 6.13. The van der Waals surface area contributed by atoms with Gasteiger partial charge in [-0.15, -0.1) is 0 Å². The average molecular weight is 481 g/mol. The highest BCUT2D eigenvalue weighted by Crippen LogP contribution is 2.37. The number of rotatable bonds is 8. The van der Waals surface area contributed by atoms with Gasteiger partial charge in [0.1, 0.15) is 6.61 Å². The third-order valence-electron chi connectivity index (χ3n) is 4.23. The van der Waals surface area contributed by atoms with Gasteiger partial charge in [0.05, 0.1) is 17.2 Å². The fourth-order valence-corrected chi connectivity index (χ4v) is 3.55. The quantitative estimate of drug-likeness (QED) is 0.392. The van der Waals surface area contributed by atoms with Crippen LogP contribution >= 0.6 is 39.1 Å². The Balaban J connectivity index is 1.76. The van der Waals surface area contributed by atoms with Gasteiger partial charge in [-0.3, -0.25) is 0 Å². The van der Waals surface area contributed by atoms with Crippen LogP contribution in [-0.2, 0) is 19.7 Å². The molecule has 1 N–H and O–H groups in total. The van der Waals surface area contributed by atoms with Crippen molar-refractivity contribution in [2.75, 3.05) is 7.11 Å². The van der Waals surface area contributed by atoms with Crippen LogP contribution < -0.4 is 14.8 Å². The van der Waals surface area contributed by atoms with Gasteiger partial charge in [-0.05, 0) is 35.4 Å². The molecule has 0 atom stereocenters. The number of hydrogen-bond acceptors (Lipinski definition) is 3. The van der Waals surface area contributed by atoms with Crippen LogP contribution in [0.2, 0.25) is 10.0 Å². The second-order valence-corrected chi connectivity index (χ2v) is 7.85. The number of halogens is 3. The van der Waals surface area contributed by atoms with Crippen molar-refractivity contribution in [3.8, 4) is 11.5 Å². The van der Waals surface area contributed by atoms with Gasteiger partial charge in [0, 0.05) is 23.1 Å². The molecule has 0 aromatic heterocycles. The molecule has 0 saturated heterocycles. The van der Waals surface area contributed by atoms with Crippen LogP contribution in [0.25, 0.3) is 0 Å². The van der Waals surface area contributed by atoms with Gasteiger partial charge in [0.2, 0.25) is 0 Å². The lowest BCUT2D eigenvalue weighted by atomic mass is 10.1. The predicted octanol–water partition coefficient (Wildman–Crippen LogP) is 6.63. The van der Waals surface area contributed by atoms with Gasteiger partial charge >= 0.3 is 0 Å². The van der Waals surface area contributed by atoms with Gasteiger partial charge in [-0.1, -0.05) is 75.5 Å². The Bertz CT molecular complexity index is 935. The number of ether oxygens (including phenoxy) is 2. The van der Waals surface area contributed by atoms with Crippen LogP contribution in [0, 0.1) is 0 Å². The summed E-state index contributed by atoms with van der Waals surface area (Å²) >= 11 is 15.7. The Hall–Kier alpha value is -1.72. The highest BCUT2D eigenvalue weighted by Gasteiger charge is 2.15. The molecule has 28 heavy (non-hydrogen) atoms. The van der Waals surface area contributed by atoms with E-state index in [0.717, 1.165) is 22.1 Å². The number of hydrogen-bond donors (Lipinski definition) is 1. The van der Waals surface area contributed by atoms with E-state index in [2.05, 4.69) is 33.4 Å². The van der Waals surface area contributed by atoms with E-state index in [-0.39, 0.29) is 0 Å². The Kier molecular flexibility index (Phi) is 7.63. The standard InChI is InChI=1S/C22H20BrCl2NO2/c1-27-21-10-8-18(23)17(13-26-12-15-5-3-2-4-6-15)22(21)28-14-16-7-9-19(24)20(25)11-16/h2-11,26H,12-14H2,1H3. The van der Waals surface area contributed by atoms with E-state index in [1.165, 1.54) is 5.56 Å². The minimum atomic E-state index is 0.357. The second kappa shape index (κ2) is 10.2. The minimum absolute atomic E-state index is 0.357. The van der Waals surface area contributed by atoms with Crippen molar-refractivity contribution in [1.29, 1.82) is 0 Å². The van der Waals surface area contributed by atoms with Gasteiger partial charge in [0.25, 0.3) is 0 Å². The van der Waals surface area contributed by atoms with E-state index >= 15 is 0 Å². The van der Waals surface area contributed by atoms with Crippen molar-refractivity contribution in [3.63, 3.8) is 0 Å². The molecule has 3 rings (SSSR count). The Labute approximate surface area is 183 Å². The normalized spacial score (nSPS) is 10.7. The lowest BCUT2D eigenvalue weighted by molar-refractivity contribution is 0.280. The third kappa shape index (κ3) is 5.42. The van der Waals surface area contributed by atoms with Crippen LogP contribution in [-0.4, -0.2) is 7.11 Å². The number of benzene rings is 3. The fourth-order valence-electron chi connectivity index (χ4n) is 2.78. The van der Waals surface area contributed by atoms with Gasteiger partial charge in [-0.2, -0.15) is 0 Å². The van der Waals surface area contributed by atoms with Crippen LogP contribution in [0.5, 0.6) is 11.5 Å². The molecule has 0 saturated carbocycles. The molecule has 3 aromatic carbocycles. The summed E-state index contributed by atoms with van der Waals surface area (Å²) in [7, 11) is 1.64. The Morgan fingerprint density at radius 1 is 0.893 bits per heavy atom. The van der Waals surface area contributed by atoms with E-state index < -0.39 is 0 Å². The number of methoxy groups -OCH3 is 1. The van der Waals surface area contributed by atoms with Gasteiger partial charge < -0.3 is 14.8 Å². The van der Waals surface area contributed by atoms with Crippen molar-refractivity contribution in [2.45, 2.75) is 19.7 Å². The molecule has 0 aliphatic heterocycles. The summed E-state index contributed by atoms with van der Waals surface area (Å²) in [5, 5.41) is 4.49. The molecule has 3 aromatic rings. The summed E-state index contributed by atoms with van der Waals surface area (Å²) in [4.78, 5) is 0. The van der Waals surface area contributed by atoms with Crippen LogP contribution in [0.4, 0.5) is 0 Å². The maximum absolute atomic E-state index is 6.13. The summed E-state index contributed by atoms with van der Waals surface area (Å²) in [5.74, 6) is 1.38. The second-order valence-electron chi connectivity index (χ2n) is 6.18. The molecule has 146 valence electrons. The first-order chi connectivity index (χ1) is 13.6. The van der Waals surface area contributed by atoms with Crippen molar-refractivity contribution in [3.05, 3.63) is 91.9 Å². The van der Waals surface area contributed by atoms with Gasteiger partial charge in [0.15, 0.2) is 11.5 Å². The summed E-state index contributed by atoms with van der Waals surface area (Å²) in [5.41, 5.74) is 3.15. The molecule has 0 bridgehead atoms. The maximum Gasteiger partial charge on any atom is 0.167 e. The van der Waals surface area contributed by atoms with Crippen LogP contribution in [0.3, 0.4) is 0 Å². The molecule has 0 unspecified atom stereocenters. The Morgan fingerprint density at radius 2 is 1.68 bits per heavy atom. The summed E-state index contributed by atoms with van der Waals surface area (Å²) < 4.78 is 12.6. The molecule has 6 heteroatoms. The predicted molar refractivity (Wildman–Crippen MR) is 118 cm³/mol. The highest BCUT2D eigenvalue weighted by molar-refractivity contribution is 9.10. The highest BCUT2D eigenvalue weighted by atomic mass is 79.9. The number of nitrogens with one attached hydrogen (secondary N) is 1. The smallest absolute Gasteiger partial charge is 0.167 e. The molecule has 0 spiro atoms.